The van der Waals surface area contributed by atoms with Gasteiger partial charge in [0.25, 0.3) is 5.91 Å². The summed E-state index contributed by atoms with van der Waals surface area (Å²) in [6.07, 6.45) is 1.76. The maximum Gasteiger partial charge on any atom is 0.252 e. The molecule has 2 fully saturated rings. The van der Waals surface area contributed by atoms with Crippen LogP contribution in [0, 0.1) is 0 Å². The first-order chi connectivity index (χ1) is 7.72. The van der Waals surface area contributed by atoms with Crippen molar-refractivity contribution >= 4 is 21.8 Å². The van der Waals surface area contributed by atoms with E-state index in [1.807, 2.05) is 11.8 Å². The van der Waals surface area contributed by atoms with E-state index in [2.05, 4.69) is 15.9 Å². The van der Waals surface area contributed by atoms with E-state index in [0.717, 1.165) is 24.8 Å². The maximum atomic E-state index is 12.2. The van der Waals surface area contributed by atoms with Crippen molar-refractivity contribution < 1.29 is 14.3 Å². The molecule has 0 radical (unpaired) electrons. The fraction of sp³-hybridized carbons (Fsp3) is 0.909. The van der Waals surface area contributed by atoms with Crippen molar-refractivity contribution in [1.82, 2.24) is 4.90 Å². The lowest BCUT2D eigenvalue weighted by molar-refractivity contribution is -0.152. The van der Waals surface area contributed by atoms with Crippen LogP contribution in [-0.2, 0) is 14.3 Å². The van der Waals surface area contributed by atoms with Gasteiger partial charge in [0.05, 0.1) is 18.8 Å². The van der Waals surface area contributed by atoms with Gasteiger partial charge in [0.1, 0.15) is 6.10 Å². The summed E-state index contributed by atoms with van der Waals surface area (Å²) in [5.74, 6) is 0.138. The summed E-state index contributed by atoms with van der Waals surface area (Å²) in [4.78, 5) is 14.1. The molecule has 0 bridgehead atoms. The number of hydrogen-bond acceptors (Lipinski definition) is 3. The van der Waals surface area contributed by atoms with Crippen molar-refractivity contribution in [3.8, 4) is 0 Å². The third-order valence-corrected chi connectivity index (χ3v) is 3.89. The number of hydrogen-bond donors (Lipinski definition) is 0. The first-order valence-corrected chi connectivity index (χ1v) is 6.94. The monoisotopic (exact) mass is 291 g/mol. The predicted molar refractivity (Wildman–Crippen MR) is 63.7 cm³/mol. The van der Waals surface area contributed by atoms with Gasteiger partial charge in [-0.15, -0.1) is 0 Å². The Kier molecular flexibility index (Phi) is 4.21. The van der Waals surface area contributed by atoms with Crippen molar-refractivity contribution in [2.75, 3.05) is 25.1 Å². The molecule has 0 aromatic heterocycles. The van der Waals surface area contributed by atoms with Crippen LogP contribution in [-0.4, -0.2) is 54.1 Å². The lowest BCUT2D eigenvalue weighted by atomic mass is 10.1. The van der Waals surface area contributed by atoms with Crippen molar-refractivity contribution in [2.45, 2.75) is 38.0 Å². The van der Waals surface area contributed by atoms with Crippen molar-refractivity contribution in [2.24, 2.45) is 0 Å². The highest BCUT2D eigenvalue weighted by Crippen LogP contribution is 2.20. The number of rotatable bonds is 2. The third-order valence-electron chi connectivity index (χ3n) is 3.17. The number of amides is 1. The zero-order valence-corrected chi connectivity index (χ0v) is 11.1. The van der Waals surface area contributed by atoms with E-state index in [9.17, 15) is 4.79 Å². The topological polar surface area (TPSA) is 38.8 Å². The second kappa shape index (κ2) is 5.47. The Morgan fingerprint density at radius 1 is 1.50 bits per heavy atom. The van der Waals surface area contributed by atoms with E-state index in [-0.39, 0.29) is 24.2 Å². The van der Waals surface area contributed by atoms with E-state index in [0.29, 0.717) is 13.2 Å². The van der Waals surface area contributed by atoms with E-state index in [1.165, 1.54) is 0 Å². The third kappa shape index (κ3) is 2.57. The SMILES string of the molecule is CC1COC(CBr)CN1C(=O)C1CCCO1. The zero-order valence-electron chi connectivity index (χ0n) is 9.52. The van der Waals surface area contributed by atoms with E-state index >= 15 is 0 Å². The predicted octanol–water partition coefficient (Wildman–Crippen LogP) is 1.18. The molecule has 3 atom stereocenters. The molecule has 4 nitrogen and oxygen atoms in total. The van der Waals surface area contributed by atoms with Crippen LogP contribution in [0.15, 0.2) is 0 Å². The first-order valence-electron chi connectivity index (χ1n) is 5.82. The number of nitrogens with zero attached hydrogens (tertiary/aromatic N) is 1. The molecular weight excluding hydrogens is 274 g/mol. The fourth-order valence-electron chi connectivity index (χ4n) is 2.18. The highest BCUT2D eigenvalue weighted by molar-refractivity contribution is 9.09. The van der Waals surface area contributed by atoms with E-state index < -0.39 is 0 Å². The lowest BCUT2D eigenvalue weighted by Crippen LogP contribution is -2.54. The molecule has 92 valence electrons. The minimum Gasteiger partial charge on any atom is -0.373 e. The lowest BCUT2D eigenvalue weighted by Gasteiger charge is -2.38. The molecule has 0 aliphatic carbocycles. The van der Waals surface area contributed by atoms with Crippen LogP contribution >= 0.6 is 15.9 Å². The Balaban J connectivity index is 1.97. The molecule has 5 heteroatoms. The van der Waals surface area contributed by atoms with Crippen LogP contribution in [0.2, 0.25) is 0 Å². The molecular formula is C11H18BrNO3. The van der Waals surface area contributed by atoms with Gasteiger partial charge < -0.3 is 14.4 Å². The molecule has 2 rings (SSSR count). The van der Waals surface area contributed by atoms with Gasteiger partial charge in [0.15, 0.2) is 0 Å². The molecule has 0 saturated carbocycles. The Hall–Kier alpha value is -0.130. The molecule has 2 aliphatic rings. The molecule has 1 amide bonds. The number of carbonyl (C=O) groups excluding carboxylic acids is 1. The number of morpholine rings is 1. The Morgan fingerprint density at radius 3 is 2.94 bits per heavy atom. The number of halogens is 1. The zero-order chi connectivity index (χ0) is 11.5. The van der Waals surface area contributed by atoms with Crippen LogP contribution in [0.25, 0.3) is 0 Å². The Morgan fingerprint density at radius 2 is 2.31 bits per heavy atom. The van der Waals surface area contributed by atoms with Gasteiger partial charge in [-0.3, -0.25) is 4.79 Å². The normalized spacial score (nSPS) is 35.4. The van der Waals surface area contributed by atoms with Crippen molar-refractivity contribution in [1.29, 1.82) is 0 Å². The van der Waals surface area contributed by atoms with Crippen LogP contribution in [0.4, 0.5) is 0 Å². The maximum absolute atomic E-state index is 12.2. The molecule has 0 N–H and O–H groups in total. The minimum atomic E-state index is -0.212. The van der Waals surface area contributed by atoms with E-state index in [1.54, 1.807) is 0 Å². The first kappa shape index (κ1) is 12.3. The van der Waals surface area contributed by atoms with Crippen LogP contribution in [0.1, 0.15) is 19.8 Å². The molecule has 0 aromatic rings. The molecule has 16 heavy (non-hydrogen) atoms. The largest absolute Gasteiger partial charge is 0.373 e. The van der Waals surface area contributed by atoms with Gasteiger partial charge in [-0.05, 0) is 19.8 Å². The average molecular weight is 292 g/mol. The van der Waals surface area contributed by atoms with Gasteiger partial charge >= 0.3 is 0 Å². The minimum absolute atomic E-state index is 0.113. The molecule has 2 aliphatic heterocycles. The summed E-state index contributed by atoms with van der Waals surface area (Å²) >= 11 is 3.40. The summed E-state index contributed by atoms with van der Waals surface area (Å²) in [7, 11) is 0. The quantitative estimate of drug-likeness (QED) is 0.717. The standard InChI is InChI=1S/C11H18BrNO3/c1-8-7-16-9(5-12)6-13(8)11(14)10-3-2-4-15-10/h8-10H,2-7H2,1H3. The number of carbonyl (C=O) groups is 1. The van der Waals surface area contributed by atoms with Gasteiger partial charge in [-0.25, -0.2) is 0 Å². The van der Waals surface area contributed by atoms with Crippen LogP contribution < -0.4 is 0 Å². The Bertz CT molecular complexity index is 256. The second-order valence-corrected chi connectivity index (χ2v) is 5.10. The van der Waals surface area contributed by atoms with Gasteiger partial charge in [-0.2, -0.15) is 0 Å². The van der Waals surface area contributed by atoms with Crippen LogP contribution in [0.5, 0.6) is 0 Å². The van der Waals surface area contributed by atoms with E-state index in [4.69, 9.17) is 9.47 Å². The van der Waals surface area contributed by atoms with Crippen molar-refractivity contribution in [3.05, 3.63) is 0 Å². The molecule has 0 spiro atoms. The van der Waals surface area contributed by atoms with Gasteiger partial charge in [0, 0.05) is 18.5 Å². The Labute approximate surface area is 104 Å². The highest BCUT2D eigenvalue weighted by atomic mass is 79.9. The summed E-state index contributed by atoms with van der Waals surface area (Å²) in [6.45, 7) is 4.04. The molecule has 0 aromatic carbocycles. The fourth-order valence-corrected chi connectivity index (χ4v) is 2.57. The molecule has 3 unspecified atom stereocenters. The van der Waals surface area contributed by atoms with Gasteiger partial charge in [-0.1, -0.05) is 15.9 Å². The average Bonchev–Trinajstić information content (AvgIpc) is 2.82. The number of alkyl halides is 1. The summed E-state index contributed by atoms with van der Waals surface area (Å²) in [5, 5.41) is 0.773. The number of ether oxygens (including phenoxy) is 2. The summed E-state index contributed by atoms with van der Waals surface area (Å²) in [5.41, 5.74) is 0. The highest BCUT2D eigenvalue weighted by Gasteiger charge is 2.34. The molecule has 2 heterocycles. The smallest absolute Gasteiger partial charge is 0.252 e. The second-order valence-electron chi connectivity index (χ2n) is 4.45. The van der Waals surface area contributed by atoms with Gasteiger partial charge in [0.2, 0.25) is 0 Å². The van der Waals surface area contributed by atoms with Crippen molar-refractivity contribution in [3.63, 3.8) is 0 Å². The molecule has 2 saturated heterocycles. The summed E-state index contributed by atoms with van der Waals surface area (Å²) in [6, 6.07) is 0.159. The van der Waals surface area contributed by atoms with Crippen LogP contribution in [0.3, 0.4) is 0 Å². The summed E-state index contributed by atoms with van der Waals surface area (Å²) < 4.78 is 11.0.